The van der Waals surface area contributed by atoms with Crippen LogP contribution in [0.2, 0.25) is 0 Å². The predicted octanol–water partition coefficient (Wildman–Crippen LogP) is 0.875. The van der Waals surface area contributed by atoms with E-state index < -0.39 is 36.1 Å². The number of benzene rings is 2. The molecule has 2 rings (SSSR count). The second kappa shape index (κ2) is 10.8. The first-order valence-corrected chi connectivity index (χ1v) is 9.15. The van der Waals surface area contributed by atoms with E-state index in [9.17, 15) is 19.5 Å². The number of carbonyl (C=O) groups is 3. The number of hydrogen-bond donors (Lipinski definition) is 4. The number of alkyl carbamates (subject to hydrolysis) is 1. The van der Waals surface area contributed by atoms with Crippen LogP contribution in [0.5, 0.6) is 0 Å². The summed E-state index contributed by atoms with van der Waals surface area (Å²) in [6, 6.07) is 15.7. The first-order valence-electron chi connectivity index (χ1n) is 9.15. The highest BCUT2D eigenvalue weighted by Crippen LogP contribution is 2.05. The molecule has 0 saturated carbocycles. The molecule has 8 heteroatoms. The summed E-state index contributed by atoms with van der Waals surface area (Å²) in [5.41, 5.74) is 6.98. The fourth-order valence-corrected chi connectivity index (χ4v) is 2.63. The van der Waals surface area contributed by atoms with Crippen molar-refractivity contribution in [2.75, 3.05) is 0 Å². The van der Waals surface area contributed by atoms with Gasteiger partial charge < -0.3 is 26.2 Å². The van der Waals surface area contributed by atoms with Gasteiger partial charge in [0.15, 0.2) is 0 Å². The molecule has 0 radical (unpaired) electrons. The number of amides is 3. The van der Waals surface area contributed by atoms with Crippen LogP contribution in [0, 0.1) is 0 Å². The minimum atomic E-state index is -1.31. The van der Waals surface area contributed by atoms with Crippen LogP contribution in [0.15, 0.2) is 60.7 Å². The van der Waals surface area contributed by atoms with E-state index in [1.165, 1.54) is 6.92 Å². The van der Waals surface area contributed by atoms with E-state index in [-0.39, 0.29) is 13.0 Å². The number of carbonyl (C=O) groups excluding carboxylic acids is 3. The Morgan fingerprint density at radius 2 is 1.52 bits per heavy atom. The molecule has 3 amide bonds. The first-order chi connectivity index (χ1) is 13.9. The number of aliphatic hydroxyl groups excluding tert-OH is 1. The molecule has 0 aliphatic carbocycles. The van der Waals surface area contributed by atoms with Gasteiger partial charge in [0.1, 0.15) is 18.7 Å². The van der Waals surface area contributed by atoms with Crippen LogP contribution in [0.1, 0.15) is 18.1 Å². The highest BCUT2D eigenvalue weighted by molar-refractivity contribution is 5.91. The van der Waals surface area contributed by atoms with Gasteiger partial charge in [0.25, 0.3) is 0 Å². The third kappa shape index (κ3) is 7.27. The minimum Gasteiger partial charge on any atom is -0.445 e. The van der Waals surface area contributed by atoms with Crippen molar-refractivity contribution in [1.29, 1.82) is 0 Å². The fourth-order valence-electron chi connectivity index (χ4n) is 2.63. The van der Waals surface area contributed by atoms with Gasteiger partial charge in [0.05, 0.1) is 6.10 Å². The molecule has 5 N–H and O–H groups in total. The molecule has 2 aromatic carbocycles. The summed E-state index contributed by atoms with van der Waals surface area (Å²) in [5, 5.41) is 14.7. The van der Waals surface area contributed by atoms with E-state index in [0.29, 0.717) is 0 Å². The van der Waals surface area contributed by atoms with Crippen molar-refractivity contribution in [1.82, 2.24) is 10.6 Å². The highest BCUT2D eigenvalue weighted by atomic mass is 16.5. The zero-order valence-corrected chi connectivity index (χ0v) is 16.1. The molecule has 2 aromatic rings. The van der Waals surface area contributed by atoms with E-state index in [0.717, 1.165) is 11.1 Å². The topological polar surface area (TPSA) is 131 Å². The standard InChI is InChI=1S/C21H25N3O5/c1-14(25)18(24-21(28)29-13-16-10-6-3-7-11-16)20(27)23-17(19(22)26)12-15-8-4-2-5-9-15/h2-11,14,17-18,25H,12-13H2,1H3,(H2,22,26)(H,23,27)(H,24,28)/t14-,17+,18+/m1/s1. The summed E-state index contributed by atoms with van der Waals surface area (Å²) in [7, 11) is 0. The van der Waals surface area contributed by atoms with Gasteiger partial charge in [-0.1, -0.05) is 60.7 Å². The van der Waals surface area contributed by atoms with Crippen LogP contribution in [0.25, 0.3) is 0 Å². The molecule has 0 aliphatic heterocycles. The van der Waals surface area contributed by atoms with Crippen molar-refractivity contribution in [2.24, 2.45) is 5.73 Å². The smallest absolute Gasteiger partial charge is 0.408 e. The monoisotopic (exact) mass is 399 g/mol. The molecule has 29 heavy (non-hydrogen) atoms. The maximum absolute atomic E-state index is 12.6. The van der Waals surface area contributed by atoms with Crippen LogP contribution in [0.4, 0.5) is 4.79 Å². The van der Waals surface area contributed by atoms with Crippen LogP contribution < -0.4 is 16.4 Å². The summed E-state index contributed by atoms with van der Waals surface area (Å²) < 4.78 is 5.07. The van der Waals surface area contributed by atoms with E-state index in [4.69, 9.17) is 10.5 Å². The zero-order chi connectivity index (χ0) is 21.2. The average Bonchev–Trinajstić information content (AvgIpc) is 2.71. The van der Waals surface area contributed by atoms with E-state index >= 15 is 0 Å². The van der Waals surface area contributed by atoms with Crippen LogP contribution in [0.3, 0.4) is 0 Å². The average molecular weight is 399 g/mol. The maximum atomic E-state index is 12.6. The van der Waals surface area contributed by atoms with Crippen molar-refractivity contribution in [3.05, 3.63) is 71.8 Å². The Hall–Kier alpha value is -3.39. The SMILES string of the molecule is C[C@@H](O)[C@H](NC(=O)OCc1ccccc1)C(=O)N[C@@H](Cc1ccccc1)C(N)=O. The Balaban J connectivity index is 1.96. The second-order valence-corrected chi connectivity index (χ2v) is 6.58. The Morgan fingerprint density at radius 3 is 2.03 bits per heavy atom. The molecule has 154 valence electrons. The van der Waals surface area contributed by atoms with Gasteiger partial charge in [0.2, 0.25) is 11.8 Å². The van der Waals surface area contributed by atoms with Gasteiger partial charge in [-0.15, -0.1) is 0 Å². The predicted molar refractivity (Wildman–Crippen MR) is 107 cm³/mol. The van der Waals surface area contributed by atoms with E-state index in [1.54, 1.807) is 48.5 Å². The number of primary amides is 1. The third-order valence-electron chi connectivity index (χ3n) is 4.19. The molecule has 3 atom stereocenters. The molecule has 0 aromatic heterocycles. The molecule has 0 heterocycles. The van der Waals surface area contributed by atoms with Crippen molar-refractivity contribution in [3.63, 3.8) is 0 Å². The fraction of sp³-hybridized carbons (Fsp3) is 0.286. The van der Waals surface area contributed by atoms with Gasteiger partial charge in [-0.05, 0) is 18.1 Å². The van der Waals surface area contributed by atoms with Crippen LogP contribution in [-0.4, -0.2) is 41.2 Å². The number of rotatable bonds is 9. The van der Waals surface area contributed by atoms with Crippen molar-refractivity contribution >= 4 is 17.9 Å². The lowest BCUT2D eigenvalue weighted by molar-refractivity contribution is -0.130. The Kier molecular flexibility index (Phi) is 8.17. The molecule has 0 aliphatic rings. The summed E-state index contributed by atoms with van der Waals surface area (Å²) in [5.74, 6) is -1.46. The summed E-state index contributed by atoms with van der Waals surface area (Å²) in [6.45, 7) is 1.36. The molecule has 8 nitrogen and oxygen atoms in total. The van der Waals surface area contributed by atoms with Gasteiger partial charge in [0, 0.05) is 6.42 Å². The van der Waals surface area contributed by atoms with E-state index in [2.05, 4.69) is 10.6 Å². The molecular formula is C21H25N3O5. The molecular weight excluding hydrogens is 374 g/mol. The Bertz CT molecular complexity index is 812. The summed E-state index contributed by atoms with van der Waals surface area (Å²) in [4.78, 5) is 36.3. The second-order valence-electron chi connectivity index (χ2n) is 6.58. The number of nitrogens with two attached hydrogens (primary N) is 1. The number of nitrogens with one attached hydrogen (secondary N) is 2. The van der Waals surface area contributed by atoms with Crippen molar-refractivity contribution < 1.29 is 24.2 Å². The first kappa shape index (κ1) is 21.9. The molecule has 0 bridgehead atoms. The molecule has 0 unspecified atom stereocenters. The summed E-state index contributed by atoms with van der Waals surface area (Å²) in [6.07, 6.45) is -1.90. The quantitative estimate of drug-likeness (QED) is 0.497. The number of ether oxygens (including phenoxy) is 1. The lowest BCUT2D eigenvalue weighted by Gasteiger charge is -2.23. The van der Waals surface area contributed by atoms with Gasteiger partial charge >= 0.3 is 6.09 Å². The highest BCUT2D eigenvalue weighted by Gasteiger charge is 2.29. The van der Waals surface area contributed by atoms with Gasteiger partial charge in [-0.2, -0.15) is 0 Å². The molecule has 0 saturated heterocycles. The lowest BCUT2D eigenvalue weighted by Crippen LogP contribution is -2.57. The van der Waals surface area contributed by atoms with Gasteiger partial charge in [-0.25, -0.2) is 4.79 Å². The third-order valence-corrected chi connectivity index (χ3v) is 4.19. The Labute approximate surface area is 169 Å². The molecule has 0 fully saturated rings. The molecule has 0 spiro atoms. The van der Waals surface area contributed by atoms with Crippen LogP contribution in [-0.2, 0) is 27.4 Å². The number of hydrogen-bond acceptors (Lipinski definition) is 5. The van der Waals surface area contributed by atoms with Crippen molar-refractivity contribution in [3.8, 4) is 0 Å². The normalized spacial score (nSPS) is 13.6. The Morgan fingerprint density at radius 1 is 0.966 bits per heavy atom. The zero-order valence-electron chi connectivity index (χ0n) is 16.1. The summed E-state index contributed by atoms with van der Waals surface area (Å²) >= 11 is 0. The van der Waals surface area contributed by atoms with Crippen molar-refractivity contribution in [2.45, 2.75) is 38.1 Å². The van der Waals surface area contributed by atoms with Gasteiger partial charge in [-0.3, -0.25) is 9.59 Å². The minimum absolute atomic E-state index is 0.0126. The van der Waals surface area contributed by atoms with Crippen LogP contribution >= 0.6 is 0 Å². The largest absolute Gasteiger partial charge is 0.445 e. The van der Waals surface area contributed by atoms with E-state index in [1.807, 2.05) is 12.1 Å². The number of aliphatic hydroxyl groups is 1. The lowest BCUT2D eigenvalue weighted by atomic mass is 10.0. The maximum Gasteiger partial charge on any atom is 0.408 e.